The van der Waals surface area contributed by atoms with Crippen molar-refractivity contribution in [2.75, 3.05) is 45.7 Å². The molecule has 0 saturated carbocycles. The van der Waals surface area contributed by atoms with Crippen LogP contribution < -0.4 is 14.8 Å². The molecule has 1 N–H and O–H groups in total. The molecule has 1 aliphatic rings. The molecule has 0 aliphatic carbocycles. The van der Waals surface area contributed by atoms with Crippen LogP contribution in [-0.4, -0.2) is 67.7 Å². The smallest absolute Gasteiger partial charge is 0.415 e. The summed E-state index contributed by atoms with van der Waals surface area (Å²) in [5.41, 5.74) is 6.91. The van der Waals surface area contributed by atoms with Crippen molar-refractivity contribution in [3.63, 3.8) is 0 Å². The molecule has 8 nitrogen and oxygen atoms in total. The fraction of sp³-hybridized carbons (Fsp3) is 0.389. The number of rotatable bonds is 11. The van der Waals surface area contributed by atoms with E-state index in [0.717, 1.165) is 58.7 Å². The maximum absolute atomic E-state index is 13.0. The van der Waals surface area contributed by atoms with Gasteiger partial charge < -0.3 is 29.3 Å². The quantitative estimate of drug-likeness (QED) is 0.230. The van der Waals surface area contributed by atoms with Crippen molar-refractivity contribution < 1.29 is 23.8 Å². The maximum atomic E-state index is 13.0. The van der Waals surface area contributed by atoms with Crippen molar-refractivity contribution in [1.82, 2.24) is 9.80 Å². The number of fused-ring (bicyclic) bond motifs is 1. The van der Waals surface area contributed by atoms with Gasteiger partial charge in [0, 0.05) is 48.6 Å². The van der Waals surface area contributed by atoms with Gasteiger partial charge in [0.2, 0.25) is 0 Å². The van der Waals surface area contributed by atoms with Gasteiger partial charge in [-0.25, -0.2) is 9.59 Å². The summed E-state index contributed by atoms with van der Waals surface area (Å²) < 4.78 is 17.4. The second-order valence-corrected chi connectivity index (χ2v) is 11.8. The second-order valence-electron chi connectivity index (χ2n) is 11.8. The molecule has 44 heavy (non-hydrogen) atoms. The van der Waals surface area contributed by atoms with Crippen LogP contribution in [0.2, 0.25) is 0 Å². The van der Waals surface area contributed by atoms with Crippen molar-refractivity contribution in [2.45, 2.75) is 53.7 Å². The second kappa shape index (κ2) is 14.0. The lowest BCUT2D eigenvalue weighted by Gasteiger charge is -2.33. The zero-order valence-corrected chi connectivity index (χ0v) is 27.2. The summed E-state index contributed by atoms with van der Waals surface area (Å²) in [6.07, 6.45) is 1.75. The van der Waals surface area contributed by atoms with Crippen LogP contribution in [0.15, 0.2) is 60.7 Å². The van der Waals surface area contributed by atoms with Crippen molar-refractivity contribution in [2.24, 2.45) is 0 Å². The molecule has 0 aromatic heterocycles. The topological polar surface area (TPSA) is 80.3 Å². The van der Waals surface area contributed by atoms with Crippen LogP contribution in [0.25, 0.3) is 16.7 Å². The largest absolute Gasteiger partial charge is 0.496 e. The number of nitrogens with one attached hydrogen (secondary N) is 1. The predicted octanol–water partition coefficient (Wildman–Crippen LogP) is 7.41. The number of allylic oxidation sites excluding steroid dienone is 1. The molecular formula is C36H45N3O5. The van der Waals surface area contributed by atoms with E-state index >= 15 is 0 Å². The van der Waals surface area contributed by atoms with Gasteiger partial charge in [-0.05, 0) is 82.3 Å². The molecule has 3 aromatic carbocycles. The normalized spacial score (nSPS) is 13.4. The zero-order chi connectivity index (χ0) is 32.0. The van der Waals surface area contributed by atoms with Crippen LogP contribution in [0.3, 0.4) is 0 Å². The molecule has 0 atom stereocenters. The Morgan fingerprint density at radius 2 is 1.59 bits per heavy atom. The number of ether oxygens (including phenoxy) is 3. The van der Waals surface area contributed by atoms with Gasteiger partial charge in [0.15, 0.2) is 0 Å². The lowest BCUT2D eigenvalue weighted by Crippen LogP contribution is -2.37. The number of carbonyl (C=O) groups excluding carboxylic acids is 2. The Morgan fingerprint density at radius 3 is 2.25 bits per heavy atom. The minimum Gasteiger partial charge on any atom is -0.496 e. The molecule has 8 heteroatoms. The number of carbonyl (C=O) groups is 2. The monoisotopic (exact) mass is 599 g/mol. The van der Waals surface area contributed by atoms with E-state index in [1.54, 1.807) is 43.3 Å². The maximum Gasteiger partial charge on any atom is 0.415 e. The number of anilines is 1. The summed E-state index contributed by atoms with van der Waals surface area (Å²) in [7, 11) is 3.32. The van der Waals surface area contributed by atoms with Crippen LogP contribution in [0.4, 0.5) is 10.5 Å². The molecule has 0 saturated heterocycles. The third-order valence-electron chi connectivity index (χ3n) is 8.00. The van der Waals surface area contributed by atoms with Crippen LogP contribution >= 0.6 is 0 Å². The summed E-state index contributed by atoms with van der Waals surface area (Å²) in [4.78, 5) is 29.7. The molecule has 0 radical (unpaired) electrons. The van der Waals surface area contributed by atoms with Crippen molar-refractivity contribution in [3.05, 3.63) is 82.9 Å². The predicted molar refractivity (Wildman–Crippen MR) is 177 cm³/mol. The number of likely N-dealkylation sites (N-methyl/N-ethyl adjacent to an activating group) is 2. The standard InChI is InChI=1S/C36H45N3O5/c1-9-39(10-2)20-19-38(7)35(41)44-27-15-16-29(32(21-27)42-8)28-17-18-31-33(25(4)22-36(5,6)37-31)30(28)23-43-34(40)26-13-11-24(3)12-14-26/h11-18,21-22,37H,9-10,19-20,23H2,1-8H3. The van der Waals surface area contributed by atoms with E-state index in [4.69, 9.17) is 14.2 Å². The Kier molecular flexibility index (Phi) is 10.4. The first kappa shape index (κ1) is 32.6. The zero-order valence-electron chi connectivity index (χ0n) is 27.2. The average molecular weight is 600 g/mol. The third-order valence-corrected chi connectivity index (χ3v) is 8.00. The summed E-state index contributed by atoms with van der Waals surface area (Å²) in [6.45, 7) is 15.8. The van der Waals surface area contributed by atoms with Crippen molar-refractivity contribution in [3.8, 4) is 22.6 Å². The molecule has 3 aromatic rings. The van der Waals surface area contributed by atoms with Gasteiger partial charge >= 0.3 is 12.1 Å². The van der Waals surface area contributed by atoms with E-state index in [-0.39, 0.29) is 12.1 Å². The van der Waals surface area contributed by atoms with Crippen LogP contribution in [0.5, 0.6) is 11.5 Å². The summed E-state index contributed by atoms with van der Waals surface area (Å²) in [5.74, 6) is 0.534. The van der Waals surface area contributed by atoms with Gasteiger partial charge in [0.1, 0.15) is 18.1 Å². The Bertz CT molecular complexity index is 1520. The lowest BCUT2D eigenvalue weighted by molar-refractivity contribution is 0.0473. The van der Waals surface area contributed by atoms with Crippen molar-refractivity contribution >= 4 is 23.3 Å². The molecule has 0 spiro atoms. The summed E-state index contributed by atoms with van der Waals surface area (Å²) in [5, 5.41) is 3.59. The van der Waals surface area contributed by atoms with Crippen LogP contribution in [0.1, 0.15) is 61.7 Å². The first-order valence-corrected chi connectivity index (χ1v) is 15.2. The Labute approximate surface area is 261 Å². The van der Waals surface area contributed by atoms with Crippen LogP contribution in [0, 0.1) is 6.92 Å². The molecule has 234 valence electrons. The van der Waals surface area contributed by atoms with E-state index in [1.165, 1.54) is 0 Å². The fourth-order valence-electron chi connectivity index (χ4n) is 5.57. The molecule has 1 aliphatic heterocycles. The van der Waals surface area contributed by atoms with Gasteiger partial charge in [-0.1, -0.05) is 43.7 Å². The third kappa shape index (κ3) is 7.61. The van der Waals surface area contributed by atoms with Gasteiger partial charge in [-0.2, -0.15) is 0 Å². The first-order chi connectivity index (χ1) is 21.0. The van der Waals surface area contributed by atoms with Crippen molar-refractivity contribution in [1.29, 1.82) is 0 Å². The highest BCUT2D eigenvalue weighted by Gasteiger charge is 2.27. The number of hydrogen-bond donors (Lipinski definition) is 1. The van der Waals surface area contributed by atoms with Crippen LogP contribution in [-0.2, 0) is 11.3 Å². The van der Waals surface area contributed by atoms with Gasteiger partial charge in [0.05, 0.1) is 18.2 Å². The minimum atomic E-state index is -0.432. The molecule has 0 unspecified atom stereocenters. The molecule has 1 amide bonds. The average Bonchev–Trinajstić information content (AvgIpc) is 2.99. The van der Waals surface area contributed by atoms with E-state index in [1.807, 2.05) is 37.3 Å². The van der Waals surface area contributed by atoms with E-state index in [2.05, 4.69) is 50.9 Å². The number of esters is 1. The van der Waals surface area contributed by atoms with Gasteiger partial charge in [0.25, 0.3) is 0 Å². The molecule has 1 heterocycles. The fourth-order valence-corrected chi connectivity index (χ4v) is 5.57. The highest BCUT2D eigenvalue weighted by atomic mass is 16.6. The minimum absolute atomic E-state index is 0.0652. The number of hydrogen-bond acceptors (Lipinski definition) is 7. The highest BCUT2D eigenvalue weighted by molar-refractivity contribution is 5.91. The number of nitrogens with zero attached hydrogens (tertiary/aromatic N) is 2. The first-order valence-electron chi connectivity index (χ1n) is 15.2. The van der Waals surface area contributed by atoms with Gasteiger partial charge in [-0.15, -0.1) is 0 Å². The van der Waals surface area contributed by atoms with E-state index < -0.39 is 12.1 Å². The SMILES string of the molecule is CCN(CC)CCN(C)C(=O)Oc1ccc(-c2ccc3c(c2COC(=O)c2ccc(C)cc2)C(C)=CC(C)(C)N3)c(OC)c1. The van der Waals surface area contributed by atoms with E-state index in [9.17, 15) is 9.59 Å². The summed E-state index contributed by atoms with van der Waals surface area (Å²) in [6, 6.07) is 16.8. The highest BCUT2D eigenvalue weighted by Crippen LogP contribution is 2.43. The molecule has 4 rings (SSSR count). The van der Waals surface area contributed by atoms with Gasteiger partial charge in [-0.3, -0.25) is 0 Å². The Hall–Kier alpha value is -4.30. The lowest BCUT2D eigenvalue weighted by atomic mass is 9.85. The molecule has 0 bridgehead atoms. The molecule has 0 fully saturated rings. The number of benzene rings is 3. The number of amides is 1. The number of methoxy groups -OCH3 is 1. The number of aryl methyl sites for hydroxylation is 1. The Morgan fingerprint density at radius 1 is 0.909 bits per heavy atom. The van der Waals surface area contributed by atoms with E-state index in [0.29, 0.717) is 23.6 Å². The summed E-state index contributed by atoms with van der Waals surface area (Å²) >= 11 is 0. The molecular weight excluding hydrogens is 554 g/mol. The Balaban J connectivity index is 1.65.